The van der Waals surface area contributed by atoms with Gasteiger partial charge in [0.2, 0.25) is 5.39 Å². The summed E-state index contributed by atoms with van der Waals surface area (Å²) in [6.07, 6.45) is 5.28. The molecule has 1 saturated heterocycles. The molecule has 0 unspecified atom stereocenters. The number of piperidine rings is 1. The van der Waals surface area contributed by atoms with Crippen molar-refractivity contribution in [1.82, 2.24) is 4.90 Å². The maximum absolute atomic E-state index is 8.75. The average molecular weight is 214 g/mol. The van der Waals surface area contributed by atoms with E-state index in [-0.39, 0.29) is 0 Å². The van der Waals surface area contributed by atoms with Crippen LogP contribution >= 0.6 is 0 Å². The second kappa shape index (κ2) is 5.32. The molecule has 1 fully saturated rings. The van der Waals surface area contributed by atoms with Crippen molar-refractivity contribution < 1.29 is 0 Å². The number of benzene rings is 1. The van der Waals surface area contributed by atoms with Gasteiger partial charge in [-0.05, 0) is 19.3 Å². The lowest BCUT2D eigenvalue weighted by Crippen LogP contribution is -2.28. The highest BCUT2D eigenvalue weighted by Crippen LogP contribution is 2.23. The van der Waals surface area contributed by atoms with Gasteiger partial charge in [-0.3, -0.25) is 0 Å². The van der Waals surface area contributed by atoms with Crippen LogP contribution < -0.4 is 0 Å². The average Bonchev–Trinajstić information content (AvgIpc) is 2.38. The van der Waals surface area contributed by atoms with E-state index in [2.05, 4.69) is 9.88 Å². The van der Waals surface area contributed by atoms with E-state index in [0.29, 0.717) is 0 Å². The first-order valence-electron chi connectivity index (χ1n) is 5.76. The van der Waals surface area contributed by atoms with Gasteiger partial charge in [-0.2, -0.15) is 0 Å². The summed E-state index contributed by atoms with van der Waals surface area (Å²) < 4.78 is 0. The van der Waals surface area contributed by atoms with Gasteiger partial charge in [0.25, 0.3) is 0 Å². The Bertz CT molecular complexity index is 397. The van der Waals surface area contributed by atoms with Crippen molar-refractivity contribution in [1.29, 1.82) is 5.39 Å². The van der Waals surface area contributed by atoms with Crippen LogP contribution in [0.2, 0.25) is 0 Å². The monoisotopic (exact) mass is 214 g/mol. The van der Waals surface area contributed by atoms with Gasteiger partial charge >= 0.3 is 6.20 Å². The van der Waals surface area contributed by atoms with Crippen molar-refractivity contribution in [3.8, 4) is 0 Å². The minimum Gasteiger partial charge on any atom is -0.365 e. The Balaban J connectivity index is 2.24. The van der Waals surface area contributed by atoms with Crippen molar-refractivity contribution in [2.24, 2.45) is 0 Å². The Kier molecular flexibility index (Phi) is 3.55. The molecule has 0 radical (unpaired) electrons. The molecule has 16 heavy (non-hydrogen) atoms. The zero-order chi connectivity index (χ0) is 11.2. The molecule has 0 saturated carbocycles. The lowest BCUT2D eigenvalue weighted by atomic mass is 10.1. The van der Waals surface area contributed by atoms with E-state index in [1.807, 2.05) is 30.3 Å². The summed E-state index contributed by atoms with van der Waals surface area (Å²) in [7, 11) is 0. The summed E-state index contributed by atoms with van der Waals surface area (Å²) in [6.45, 7) is 2.10. The first kappa shape index (κ1) is 10.7. The zero-order valence-corrected chi connectivity index (χ0v) is 9.34. The van der Waals surface area contributed by atoms with Gasteiger partial charge in [0, 0.05) is 18.7 Å². The van der Waals surface area contributed by atoms with Crippen molar-refractivity contribution in [2.75, 3.05) is 13.1 Å². The second-order valence-electron chi connectivity index (χ2n) is 4.04. The van der Waals surface area contributed by atoms with E-state index >= 15 is 0 Å². The molecule has 3 heteroatoms. The van der Waals surface area contributed by atoms with Crippen LogP contribution in [0, 0.1) is 5.39 Å². The summed E-state index contributed by atoms with van der Waals surface area (Å²) >= 11 is 0. The third-order valence-corrected chi connectivity index (χ3v) is 2.95. The molecule has 82 valence electrons. The standard InChI is InChI=1S/C13H16N3/c14-15-11-13(12-7-3-1-4-8-12)16-9-5-2-6-10-16/h1,3-4,7-8,11H,2,5-6,9-10H2/q+1/b13-11-. The van der Waals surface area contributed by atoms with Gasteiger partial charge in [-0.1, -0.05) is 30.3 Å². The molecule has 1 aromatic carbocycles. The van der Waals surface area contributed by atoms with Crippen LogP contribution in [0.1, 0.15) is 24.8 Å². The molecule has 0 aliphatic carbocycles. The first-order valence-corrected chi connectivity index (χ1v) is 5.76. The van der Waals surface area contributed by atoms with Crippen molar-refractivity contribution in [3.63, 3.8) is 0 Å². The van der Waals surface area contributed by atoms with E-state index in [1.54, 1.807) is 6.20 Å². The number of nitrogens with zero attached hydrogens (tertiary/aromatic N) is 3. The highest BCUT2D eigenvalue weighted by Gasteiger charge is 2.17. The summed E-state index contributed by atoms with van der Waals surface area (Å²) in [5.41, 5.74) is 2.13. The van der Waals surface area contributed by atoms with Gasteiger partial charge < -0.3 is 4.90 Å². The van der Waals surface area contributed by atoms with E-state index in [0.717, 1.165) is 24.4 Å². The first-order chi connectivity index (χ1) is 7.92. The van der Waals surface area contributed by atoms with Gasteiger partial charge in [0.05, 0.1) is 0 Å². The van der Waals surface area contributed by atoms with Crippen LogP contribution in [0.5, 0.6) is 0 Å². The highest BCUT2D eigenvalue weighted by atomic mass is 15.1. The van der Waals surface area contributed by atoms with Crippen LogP contribution in [0.3, 0.4) is 0 Å². The predicted octanol–water partition coefficient (Wildman–Crippen LogP) is 3.32. The van der Waals surface area contributed by atoms with E-state index in [4.69, 9.17) is 5.39 Å². The molecule has 2 rings (SSSR count). The maximum atomic E-state index is 8.75. The second-order valence-corrected chi connectivity index (χ2v) is 4.04. The van der Waals surface area contributed by atoms with Gasteiger partial charge in [0.15, 0.2) is 4.98 Å². The summed E-state index contributed by atoms with van der Waals surface area (Å²) in [6, 6.07) is 10.1. The fourth-order valence-electron chi connectivity index (χ4n) is 2.14. The van der Waals surface area contributed by atoms with Crippen molar-refractivity contribution in [2.45, 2.75) is 19.3 Å². The summed E-state index contributed by atoms with van der Waals surface area (Å²) in [4.78, 5) is 5.47. The fraction of sp³-hybridized carbons (Fsp3) is 0.385. The third-order valence-electron chi connectivity index (χ3n) is 2.95. The van der Waals surface area contributed by atoms with E-state index in [1.165, 1.54) is 19.3 Å². The van der Waals surface area contributed by atoms with Crippen LogP contribution in [-0.2, 0) is 0 Å². The molecule has 0 bridgehead atoms. The summed E-state index contributed by atoms with van der Waals surface area (Å²) in [5, 5.41) is 8.75. The van der Waals surface area contributed by atoms with E-state index < -0.39 is 0 Å². The number of hydrogen-bond donors (Lipinski definition) is 0. The normalized spacial score (nSPS) is 16.9. The van der Waals surface area contributed by atoms with Crippen LogP contribution in [-0.4, -0.2) is 18.0 Å². The number of likely N-dealkylation sites (tertiary alicyclic amines) is 1. The van der Waals surface area contributed by atoms with E-state index in [9.17, 15) is 0 Å². The Hall–Kier alpha value is -1.82. The fourth-order valence-corrected chi connectivity index (χ4v) is 2.14. The minimum atomic E-state index is 1.02. The third kappa shape index (κ3) is 2.40. The molecule has 0 amide bonds. The molecule has 0 N–H and O–H groups in total. The molecule has 3 nitrogen and oxygen atoms in total. The van der Waals surface area contributed by atoms with Gasteiger partial charge in [-0.15, -0.1) is 0 Å². The Morgan fingerprint density at radius 1 is 1.12 bits per heavy atom. The number of hydrogen-bond acceptors (Lipinski definition) is 2. The maximum Gasteiger partial charge on any atom is 0.374 e. The Morgan fingerprint density at radius 2 is 1.81 bits per heavy atom. The van der Waals surface area contributed by atoms with Crippen molar-refractivity contribution >= 4 is 5.70 Å². The van der Waals surface area contributed by atoms with Gasteiger partial charge in [-0.25, -0.2) is 0 Å². The SMILES string of the molecule is N#[N+]/C=C(/c1ccccc1)N1CCCCC1. The quantitative estimate of drug-likeness (QED) is 0.707. The largest absolute Gasteiger partial charge is 0.374 e. The molecule has 1 heterocycles. The molecule has 0 spiro atoms. The molecule has 1 aromatic rings. The molecule has 1 aliphatic heterocycles. The number of diazo groups is 1. The van der Waals surface area contributed by atoms with Crippen LogP contribution in [0.15, 0.2) is 36.5 Å². The topological polar surface area (TPSA) is 31.4 Å². The predicted molar refractivity (Wildman–Crippen MR) is 64.9 cm³/mol. The molecular formula is C13H16N3+. The molecule has 0 aromatic heterocycles. The zero-order valence-electron chi connectivity index (χ0n) is 9.34. The molecule has 0 atom stereocenters. The minimum absolute atomic E-state index is 1.02. The highest BCUT2D eigenvalue weighted by molar-refractivity contribution is 5.64. The molecule has 1 aliphatic rings. The van der Waals surface area contributed by atoms with Crippen LogP contribution in [0.4, 0.5) is 0 Å². The smallest absolute Gasteiger partial charge is 0.365 e. The number of rotatable bonds is 2. The molecular weight excluding hydrogens is 198 g/mol. The summed E-state index contributed by atoms with van der Waals surface area (Å²) in [5.74, 6) is 0. The van der Waals surface area contributed by atoms with Gasteiger partial charge in [0.1, 0.15) is 5.70 Å². The lowest BCUT2D eigenvalue weighted by Gasteiger charge is -2.28. The Labute approximate surface area is 96.0 Å². The van der Waals surface area contributed by atoms with Crippen molar-refractivity contribution in [3.05, 3.63) is 47.1 Å². The van der Waals surface area contributed by atoms with Crippen LogP contribution in [0.25, 0.3) is 10.7 Å². The lowest BCUT2D eigenvalue weighted by molar-refractivity contribution is 0.326. The Morgan fingerprint density at radius 3 is 2.44 bits per heavy atom.